The van der Waals surface area contributed by atoms with Crippen molar-refractivity contribution in [3.05, 3.63) is 54.1 Å². The number of hydrogen-bond acceptors (Lipinski definition) is 1. The van der Waals surface area contributed by atoms with Crippen molar-refractivity contribution >= 4 is 13.5 Å². The molecule has 0 N–H and O–H groups in total. The molecule has 0 unspecified atom stereocenters. The molecule has 20 heavy (non-hydrogen) atoms. The van der Waals surface area contributed by atoms with Gasteiger partial charge in [-0.15, -0.1) is 0 Å². The summed E-state index contributed by atoms with van der Waals surface area (Å²) in [5, 5.41) is 1.19. The van der Waals surface area contributed by atoms with Crippen molar-refractivity contribution in [3.63, 3.8) is 0 Å². The minimum Gasteiger partial charge on any atom is -0.413 e. The third kappa shape index (κ3) is 3.14. The van der Waals surface area contributed by atoms with Gasteiger partial charge in [-0.1, -0.05) is 30.3 Å². The smallest absolute Gasteiger partial charge is 0.218 e. The summed E-state index contributed by atoms with van der Waals surface area (Å²) in [6.07, 6.45) is 0. The van der Waals surface area contributed by atoms with Gasteiger partial charge in [-0.3, -0.25) is 0 Å². The maximum Gasteiger partial charge on any atom is 0.218 e. The van der Waals surface area contributed by atoms with Crippen molar-refractivity contribution in [2.24, 2.45) is 0 Å². The van der Waals surface area contributed by atoms with Gasteiger partial charge in [-0.25, -0.2) is 8.78 Å². The van der Waals surface area contributed by atoms with E-state index in [4.69, 9.17) is 4.43 Å². The molecular formula is C16H18F2OSi. The second-order valence-corrected chi connectivity index (χ2v) is 9.04. The van der Waals surface area contributed by atoms with Crippen LogP contribution in [0.2, 0.25) is 13.1 Å². The highest BCUT2D eigenvalue weighted by atomic mass is 28.4. The predicted octanol–water partition coefficient (Wildman–Crippen LogP) is 4.08. The maximum atomic E-state index is 13.2. The van der Waals surface area contributed by atoms with Crippen LogP contribution in [0.5, 0.6) is 0 Å². The lowest BCUT2D eigenvalue weighted by molar-refractivity contribution is 0.339. The SMILES string of the molecule is CCO[Si](C)(C)c1ccc(-c2ccc(F)c(F)c2)cc1. The second kappa shape index (κ2) is 5.85. The van der Waals surface area contributed by atoms with Crippen LogP contribution in [0.25, 0.3) is 11.1 Å². The van der Waals surface area contributed by atoms with Gasteiger partial charge in [-0.2, -0.15) is 0 Å². The van der Waals surface area contributed by atoms with Gasteiger partial charge in [0.15, 0.2) is 11.6 Å². The van der Waals surface area contributed by atoms with E-state index in [1.54, 1.807) is 6.07 Å². The number of halogens is 2. The molecule has 2 aromatic carbocycles. The standard InChI is InChI=1S/C16H18F2OSi/c1-4-19-20(2,3)14-8-5-12(6-9-14)13-7-10-15(17)16(18)11-13/h5-11H,4H2,1-3H3. The third-order valence-electron chi connectivity index (χ3n) is 3.34. The zero-order valence-corrected chi connectivity index (χ0v) is 12.9. The summed E-state index contributed by atoms with van der Waals surface area (Å²) in [4.78, 5) is 0. The molecule has 0 fully saturated rings. The molecule has 0 aliphatic rings. The van der Waals surface area contributed by atoms with Crippen molar-refractivity contribution in [3.8, 4) is 11.1 Å². The normalized spacial score (nSPS) is 11.7. The number of rotatable bonds is 4. The number of benzene rings is 2. The van der Waals surface area contributed by atoms with Crippen LogP contribution < -0.4 is 5.19 Å². The van der Waals surface area contributed by atoms with Crippen molar-refractivity contribution in [2.75, 3.05) is 6.61 Å². The molecule has 0 aliphatic heterocycles. The van der Waals surface area contributed by atoms with Crippen LogP contribution in [0.1, 0.15) is 6.92 Å². The van der Waals surface area contributed by atoms with Crippen molar-refractivity contribution in [2.45, 2.75) is 20.0 Å². The van der Waals surface area contributed by atoms with Gasteiger partial charge in [0.25, 0.3) is 0 Å². The summed E-state index contributed by atoms with van der Waals surface area (Å²) in [7, 11) is -1.86. The molecule has 0 heterocycles. The Hall–Kier alpha value is -1.52. The molecule has 2 rings (SSSR count). The second-order valence-electron chi connectivity index (χ2n) is 5.15. The molecule has 0 amide bonds. The van der Waals surface area contributed by atoms with Gasteiger partial charge >= 0.3 is 0 Å². The quantitative estimate of drug-likeness (QED) is 0.772. The fourth-order valence-electron chi connectivity index (χ4n) is 2.18. The maximum absolute atomic E-state index is 13.2. The largest absolute Gasteiger partial charge is 0.413 e. The minimum atomic E-state index is -1.86. The van der Waals surface area contributed by atoms with E-state index >= 15 is 0 Å². The Labute approximate surface area is 119 Å². The van der Waals surface area contributed by atoms with E-state index in [-0.39, 0.29) is 0 Å². The first-order chi connectivity index (χ1) is 9.44. The van der Waals surface area contributed by atoms with E-state index in [1.165, 1.54) is 11.3 Å². The monoisotopic (exact) mass is 292 g/mol. The molecule has 4 heteroatoms. The van der Waals surface area contributed by atoms with Crippen LogP contribution in [0.3, 0.4) is 0 Å². The van der Waals surface area contributed by atoms with Gasteiger partial charge < -0.3 is 4.43 Å². The Morgan fingerprint density at radius 1 is 0.900 bits per heavy atom. The topological polar surface area (TPSA) is 9.23 Å². The first-order valence-corrected chi connectivity index (χ1v) is 9.55. The van der Waals surface area contributed by atoms with E-state index in [0.717, 1.165) is 11.6 Å². The van der Waals surface area contributed by atoms with E-state index in [0.29, 0.717) is 12.2 Å². The molecule has 0 atom stereocenters. The Morgan fingerprint density at radius 2 is 1.50 bits per heavy atom. The summed E-state index contributed by atoms with van der Waals surface area (Å²) >= 11 is 0. The van der Waals surface area contributed by atoms with E-state index in [9.17, 15) is 8.78 Å². The molecule has 0 aromatic heterocycles. The summed E-state index contributed by atoms with van der Waals surface area (Å²) in [5.74, 6) is -1.65. The van der Waals surface area contributed by atoms with Gasteiger partial charge in [0.1, 0.15) is 0 Å². The van der Waals surface area contributed by atoms with Crippen molar-refractivity contribution in [1.82, 2.24) is 0 Å². The summed E-state index contributed by atoms with van der Waals surface area (Å²) in [6.45, 7) is 6.97. The van der Waals surface area contributed by atoms with Crippen molar-refractivity contribution < 1.29 is 13.2 Å². The Morgan fingerprint density at radius 3 is 2.05 bits per heavy atom. The molecule has 0 saturated carbocycles. The Bertz CT molecular complexity index is 594. The van der Waals surface area contributed by atoms with Crippen LogP contribution in [-0.2, 0) is 4.43 Å². The Balaban J connectivity index is 2.30. The first kappa shape index (κ1) is 14.9. The highest BCUT2D eigenvalue weighted by Gasteiger charge is 2.24. The fourth-order valence-corrected chi connectivity index (χ4v) is 4.04. The molecule has 0 radical (unpaired) electrons. The van der Waals surface area contributed by atoms with Gasteiger partial charge in [0, 0.05) is 6.61 Å². The van der Waals surface area contributed by atoms with Crippen LogP contribution >= 0.6 is 0 Å². The van der Waals surface area contributed by atoms with Crippen LogP contribution in [0.15, 0.2) is 42.5 Å². The van der Waals surface area contributed by atoms with E-state index in [1.807, 2.05) is 31.2 Å². The first-order valence-electron chi connectivity index (χ1n) is 6.64. The molecule has 0 aliphatic carbocycles. The molecule has 1 nitrogen and oxygen atoms in total. The summed E-state index contributed by atoms with van der Waals surface area (Å²) < 4.78 is 32.0. The molecule has 0 bridgehead atoms. The predicted molar refractivity (Wildman–Crippen MR) is 80.5 cm³/mol. The molecule has 0 saturated heterocycles. The van der Waals surface area contributed by atoms with Gasteiger partial charge in [-0.05, 0) is 48.5 Å². The summed E-state index contributed by atoms with van der Waals surface area (Å²) in [6, 6.07) is 11.8. The van der Waals surface area contributed by atoms with Gasteiger partial charge in [0.2, 0.25) is 8.32 Å². The zero-order valence-electron chi connectivity index (χ0n) is 11.9. The average molecular weight is 292 g/mol. The van der Waals surface area contributed by atoms with Crippen molar-refractivity contribution in [1.29, 1.82) is 0 Å². The third-order valence-corrected chi connectivity index (χ3v) is 6.07. The average Bonchev–Trinajstić information content (AvgIpc) is 2.42. The Kier molecular flexibility index (Phi) is 4.35. The molecule has 0 spiro atoms. The zero-order chi connectivity index (χ0) is 14.8. The lowest BCUT2D eigenvalue weighted by atomic mass is 10.1. The molecular weight excluding hydrogens is 274 g/mol. The highest BCUT2D eigenvalue weighted by Crippen LogP contribution is 2.21. The lowest BCUT2D eigenvalue weighted by Crippen LogP contribution is -2.44. The van der Waals surface area contributed by atoms with Crippen LogP contribution in [0, 0.1) is 11.6 Å². The number of hydrogen-bond donors (Lipinski definition) is 0. The van der Waals surface area contributed by atoms with Gasteiger partial charge in [0.05, 0.1) is 0 Å². The van der Waals surface area contributed by atoms with E-state index < -0.39 is 20.0 Å². The summed E-state index contributed by atoms with van der Waals surface area (Å²) in [5.41, 5.74) is 1.54. The van der Waals surface area contributed by atoms with Crippen LogP contribution in [-0.4, -0.2) is 14.9 Å². The fraction of sp³-hybridized carbons (Fsp3) is 0.250. The van der Waals surface area contributed by atoms with Crippen LogP contribution in [0.4, 0.5) is 8.78 Å². The highest BCUT2D eigenvalue weighted by molar-refractivity contribution is 6.84. The minimum absolute atomic E-state index is 0.673. The lowest BCUT2D eigenvalue weighted by Gasteiger charge is -2.22. The van der Waals surface area contributed by atoms with E-state index in [2.05, 4.69) is 13.1 Å². The molecule has 2 aromatic rings. The molecule has 106 valence electrons.